The van der Waals surface area contributed by atoms with Crippen molar-refractivity contribution in [2.24, 2.45) is 0 Å². The fraction of sp³-hybridized carbons (Fsp3) is 0.111. The van der Waals surface area contributed by atoms with Gasteiger partial charge in [0, 0.05) is 0 Å². The Bertz CT molecular complexity index is 463. The van der Waals surface area contributed by atoms with Gasteiger partial charge in [0.15, 0.2) is 0 Å². The van der Waals surface area contributed by atoms with Gasteiger partial charge >= 0.3 is 0 Å². The van der Waals surface area contributed by atoms with Crippen molar-refractivity contribution in [2.45, 2.75) is 13.3 Å². The van der Waals surface area contributed by atoms with Gasteiger partial charge in [-0.15, -0.1) is 6.58 Å². The van der Waals surface area contributed by atoms with Crippen molar-refractivity contribution in [1.29, 1.82) is 0 Å². The van der Waals surface area contributed by atoms with E-state index in [0.29, 0.717) is 0 Å². The highest BCUT2D eigenvalue weighted by molar-refractivity contribution is 5.46. The van der Waals surface area contributed by atoms with Gasteiger partial charge in [0.05, 0.1) is 0 Å². The van der Waals surface area contributed by atoms with Gasteiger partial charge in [-0.3, -0.25) is 0 Å². The molecule has 0 aromatic heterocycles. The molecule has 92 valence electrons. The Balaban J connectivity index is 0.000000180. The van der Waals surface area contributed by atoms with E-state index < -0.39 is 0 Å². The summed E-state index contributed by atoms with van der Waals surface area (Å²) >= 11 is 0. The highest BCUT2D eigenvalue weighted by Gasteiger charge is 1.82. The van der Waals surface area contributed by atoms with Crippen molar-refractivity contribution in [1.82, 2.24) is 0 Å². The van der Waals surface area contributed by atoms with E-state index in [4.69, 9.17) is 0 Å². The van der Waals surface area contributed by atoms with Crippen LogP contribution in [0.3, 0.4) is 0 Å². The number of hydrogen-bond donors (Lipinski definition) is 0. The second kappa shape index (κ2) is 8.08. The third-order valence-electron chi connectivity index (χ3n) is 2.54. The zero-order valence-electron chi connectivity index (χ0n) is 11.0. The largest absolute Gasteiger partial charge is 0.103 e. The lowest BCUT2D eigenvalue weighted by atomic mass is 10.2. The molecule has 18 heavy (non-hydrogen) atoms. The van der Waals surface area contributed by atoms with Gasteiger partial charge in [-0.25, -0.2) is 0 Å². The number of benzene rings is 2. The van der Waals surface area contributed by atoms with Gasteiger partial charge in [0.25, 0.3) is 0 Å². The van der Waals surface area contributed by atoms with Gasteiger partial charge in [0.1, 0.15) is 0 Å². The molecule has 0 fully saturated rings. The predicted octanol–water partition coefficient (Wildman–Crippen LogP) is 5.05. The maximum absolute atomic E-state index is 3.66. The molecule has 0 radical (unpaired) electrons. The minimum Gasteiger partial charge on any atom is -0.103 e. The van der Waals surface area contributed by atoms with Crippen LogP contribution in [0.2, 0.25) is 0 Å². The summed E-state index contributed by atoms with van der Waals surface area (Å²) in [5.74, 6) is 0. The fourth-order valence-electron chi connectivity index (χ4n) is 1.48. The maximum atomic E-state index is 3.66. The molecule has 0 atom stereocenters. The first-order valence-electron chi connectivity index (χ1n) is 6.10. The third-order valence-corrected chi connectivity index (χ3v) is 2.54. The van der Waals surface area contributed by atoms with Crippen LogP contribution in [0.1, 0.15) is 16.7 Å². The van der Waals surface area contributed by atoms with E-state index in [-0.39, 0.29) is 0 Å². The van der Waals surface area contributed by atoms with Crippen molar-refractivity contribution in [3.05, 3.63) is 90.5 Å². The molecular weight excluding hydrogens is 216 g/mol. The summed E-state index contributed by atoms with van der Waals surface area (Å²) in [5.41, 5.74) is 3.80. The first-order chi connectivity index (χ1) is 8.76. The third kappa shape index (κ3) is 5.31. The molecule has 0 nitrogen and oxygen atoms in total. The lowest BCUT2D eigenvalue weighted by molar-refractivity contribution is 1.28. The predicted molar refractivity (Wildman–Crippen MR) is 81.6 cm³/mol. The average molecular weight is 236 g/mol. The van der Waals surface area contributed by atoms with Crippen LogP contribution >= 0.6 is 0 Å². The van der Waals surface area contributed by atoms with Crippen LogP contribution < -0.4 is 0 Å². The zero-order chi connectivity index (χ0) is 13.2. The molecule has 0 saturated heterocycles. The lowest BCUT2D eigenvalue weighted by Gasteiger charge is -1.91. The molecule has 0 unspecified atom stereocenters. The molecule has 0 aliphatic heterocycles. The molecule has 0 amide bonds. The van der Waals surface area contributed by atoms with E-state index in [1.54, 1.807) is 0 Å². The van der Waals surface area contributed by atoms with Crippen molar-refractivity contribution in [2.75, 3.05) is 0 Å². The summed E-state index contributed by atoms with van der Waals surface area (Å²) in [6, 6.07) is 18.6. The second-order valence-electron chi connectivity index (χ2n) is 4.09. The molecule has 2 rings (SSSR count). The molecular formula is C18H20. The first kappa shape index (κ1) is 14.0. The lowest BCUT2D eigenvalue weighted by Crippen LogP contribution is -1.75. The van der Waals surface area contributed by atoms with Crippen molar-refractivity contribution >= 4 is 6.08 Å². The molecule has 0 heterocycles. The standard InChI is InChI=1S/2C9H10/c1-3-9-6-4-8(2)5-7-9;1-2-6-9-7-4-3-5-8-9/h3-7H,1H2,2H3;2-5,7-8H,1,6H2. The minimum absolute atomic E-state index is 0.973. The van der Waals surface area contributed by atoms with Crippen LogP contribution in [-0.4, -0.2) is 0 Å². The molecule has 0 spiro atoms. The Morgan fingerprint density at radius 3 is 2.00 bits per heavy atom. The molecule has 0 saturated carbocycles. The maximum Gasteiger partial charge on any atom is -0.0100 e. The fourth-order valence-corrected chi connectivity index (χ4v) is 1.48. The highest BCUT2D eigenvalue weighted by Crippen LogP contribution is 2.02. The zero-order valence-corrected chi connectivity index (χ0v) is 11.0. The Morgan fingerprint density at radius 1 is 0.889 bits per heavy atom. The molecule has 2 aromatic rings. The van der Waals surface area contributed by atoms with Crippen molar-refractivity contribution in [3.8, 4) is 0 Å². The highest BCUT2D eigenvalue weighted by atomic mass is 13.9. The summed E-state index contributed by atoms with van der Waals surface area (Å²) in [6.45, 7) is 9.39. The topological polar surface area (TPSA) is 0 Å². The quantitative estimate of drug-likeness (QED) is 0.654. The number of allylic oxidation sites excluding steroid dienone is 1. The van der Waals surface area contributed by atoms with Gasteiger partial charge in [-0.1, -0.05) is 78.9 Å². The monoisotopic (exact) mass is 236 g/mol. The molecule has 0 N–H and O–H groups in total. The van der Waals surface area contributed by atoms with E-state index in [9.17, 15) is 0 Å². The summed E-state index contributed by atoms with van der Waals surface area (Å²) < 4.78 is 0. The Hall–Kier alpha value is -2.08. The number of aryl methyl sites for hydroxylation is 1. The van der Waals surface area contributed by atoms with Crippen LogP contribution in [0.25, 0.3) is 6.08 Å². The molecule has 0 aliphatic carbocycles. The van der Waals surface area contributed by atoms with E-state index in [0.717, 1.165) is 6.42 Å². The Labute approximate surface area is 110 Å². The van der Waals surface area contributed by atoms with E-state index in [1.165, 1.54) is 16.7 Å². The summed E-state index contributed by atoms with van der Waals surface area (Å²) in [6.07, 6.45) is 4.73. The van der Waals surface area contributed by atoms with E-state index in [1.807, 2.05) is 30.4 Å². The second-order valence-corrected chi connectivity index (χ2v) is 4.09. The van der Waals surface area contributed by atoms with Crippen LogP contribution in [-0.2, 0) is 6.42 Å². The molecule has 2 aromatic carbocycles. The van der Waals surface area contributed by atoms with Crippen molar-refractivity contribution < 1.29 is 0 Å². The summed E-state index contributed by atoms with van der Waals surface area (Å²) in [4.78, 5) is 0. The average Bonchev–Trinajstić information content (AvgIpc) is 2.42. The van der Waals surface area contributed by atoms with Gasteiger partial charge in [-0.2, -0.15) is 0 Å². The van der Waals surface area contributed by atoms with Gasteiger partial charge in [0.2, 0.25) is 0 Å². The van der Waals surface area contributed by atoms with Gasteiger partial charge in [-0.05, 0) is 24.5 Å². The van der Waals surface area contributed by atoms with Crippen molar-refractivity contribution in [3.63, 3.8) is 0 Å². The Kier molecular flexibility index (Phi) is 6.27. The first-order valence-corrected chi connectivity index (χ1v) is 6.10. The number of rotatable bonds is 3. The van der Waals surface area contributed by atoms with Crippen LogP contribution in [0.4, 0.5) is 0 Å². The van der Waals surface area contributed by atoms with Crippen LogP contribution in [0.15, 0.2) is 73.8 Å². The van der Waals surface area contributed by atoms with E-state index >= 15 is 0 Å². The normalized spacial score (nSPS) is 8.94. The molecule has 0 bridgehead atoms. The summed E-state index contributed by atoms with van der Waals surface area (Å²) in [5, 5.41) is 0. The molecule has 0 aliphatic rings. The smallest absolute Gasteiger partial charge is 0.0100 e. The SMILES string of the molecule is C=CCc1ccccc1.C=Cc1ccc(C)cc1. The Morgan fingerprint density at radius 2 is 1.50 bits per heavy atom. The van der Waals surface area contributed by atoms with Gasteiger partial charge < -0.3 is 0 Å². The van der Waals surface area contributed by atoms with Crippen LogP contribution in [0, 0.1) is 6.92 Å². The number of hydrogen-bond acceptors (Lipinski definition) is 0. The molecule has 0 heteroatoms. The van der Waals surface area contributed by atoms with E-state index in [2.05, 4.69) is 56.5 Å². The van der Waals surface area contributed by atoms with Crippen LogP contribution in [0.5, 0.6) is 0 Å². The minimum atomic E-state index is 0.973. The summed E-state index contributed by atoms with van der Waals surface area (Å²) in [7, 11) is 0.